The molecule has 0 aromatic carbocycles. The molecule has 0 rings (SSSR count). The van der Waals surface area contributed by atoms with Crippen molar-refractivity contribution in [2.45, 2.75) is 12.5 Å². The summed E-state index contributed by atoms with van der Waals surface area (Å²) in [6.45, 7) is 0. The molecule has 0 fully saturated rings. The Morgan fingerprint density at radius 1 is 1.56 bits per heavy atom. The second-order valence-electron chi connectivity index (χ2n) is 1.62. The van der Waals surface area contributed by atoms with Crippen LogP contribution in [0.25, 0.3) is 0 Å². The number of carboxylic acid groups (broad SMARTS) is 1. The molecule has 0 aromatic heterocycles. The van der Waals surface area contributed by atoms with Crippen LogP contribution in [0.4, 0.5) is 0 Å². The van der Waals surface area contributed by atoms with Crippen LogP contribution in [0.3, 0.4) is 0 Å². The van der Waals surface area contributed by atoms with Crippen LogP contribution in [0.5, 0.6) is 0 Å². The highest BCUT2D eigenvalue weighted by molar-refractivity contribution is 5.82. The minimum atomic E-state index is -1.21. The Bertz CT molecular complexity index is 134. The van der Waals surface area contributed by atoms with Crippen molar-refractivity contribution in [3.05, 3.63) is 0 Å². The number of hydrogen-bond donors (Lipinski definition) is 3. The number of nitrogens with two attached hydrogens (primary N) is 2. The summed E-state index contributed by atoms with van der Waals surface area (Å²) in [6, 6.07) is -1.16. The van der Waals surface area contributed by atoms with E-state index >= 15 is 0 Å². The fourth-order valence-corrected chi connectivity index (χ4v) is 0.304. The van der Waals surface area contributed by atoms with Crippen molar-refractivity contribution < 1.29 is 14.7 Å². The van der Waals surface area contributed by atoms with Gasteiger partial charge in [-0.3, -0.25) is 9.59 Å². The van der Waals surface area contributed by atoms with Crippen molar-refractivity contribution in [1.82, 2.24) is 0 Å². The normalized spacial score (nSPS) is 12.6. The summed E-state index contributed by atoms with van der Waals surface area (Å²) in [7, 11) is 0. The molecule has 1 atom stereocenters. The molecule has 52 valence electrons. The van der Waals surface area contributed by atoms with Gasteiger partial charge in [0, 0.05) is 0 Å². The Balaban J connectivity index is 3.63. The average Bonchev–Trinajstić information content (AvgIpc) is 1.63. The fourth-order valence-electron chi connectivity index (χ4n) is 0.304. The highest BCUT2D eigenvalue weighted by Gasteiger charge is 2.13. The van der Waals surface area contributed by atoms with Crippen molar-refractivity contribution in [2.75, 3.05) is 0 Å². The average molecular weight is 134 g/mol. The molecule has 0 saturated heterocycles. The van der Waals surface area contributed by atoms with Crippen LogP contribution in [-0.2, 0) is 9.59 Å². The lowest BCUT2D eigenvalue weighted by atomic mass is 10.6. The van der Waals surface area contributed by atoms with Gasteiger partial charge >= 0.3 is 5.97 Å². The fraction of sp³-hybridized carbons (Fsp3) is 0.500. The SMILES string of the molecule is NC(=O)C[14C@H](N)C(=O)O. The van der Waals surface area contributed by atoms with E-state index < -0.39 is 17.9 Å². The summed E-state index contributed by atoms with van der Waals surface area (Å²) in [4.78, 5) is 19.9. The number of amides is 1. The molecule has 0 aromatic rings. The molecule has 0 saturated carbocycles. The third-order valence-electron chi connectivity index (χ3n) is 0.738. The Morgan fingerprint density at radius 3 is 2.11 bits per heavy atom. The maximum atomic E-state index is 9.99. The van der Waals surface area contributed by atoms with Gasteiger partial charge in [0.2, 0.25) is 5.91 Å². The van der Waals surface area contributed by atoms with Gasteiger partial charge in [0.25, 0.3) is 0 Å². The van der Waals surface area contributed by atoms with E-state index in [1.54, 1.807) is 0 Å². The molecule has 1 amide bonds. The highest BCUT2D eigenvalue weighted by atomic mass is 16.4. The Labute approximate surface area is 51.6 Å². The van der Waals surface area contributed by atoms with Gasteiger partial charge in [0.05, 0.1) is 6.42 Å². The van der Waals surface area contributed by atoms with Gasteiger partial charge in [-0.25, -0.2) is 0 Å². The summed E-state index contributed by atoms with van der Waals surface area (Å²) >= 11 is 0. The van der Waals surface area contributed by atoms with Crippen molar-refractivity contribution in [3.8, 4) is 0 Å². The van der Waals surface area contributed by atoms with E-state index in [1.165, 1.54) is 0 Å². The van der Waals surface area contributed by atoms with Crippen molar-refractivity contribution in [3.63, 3.8) is 0 Å². The summed E-state index contributed by atoms with van der Waals surface area (Å²) in [6.07, 6.45) is -0.310. The van der Waals surface area contributed by atoms with Crippen LogP contribution in [0.1, 0.15) is 6.42 Å². The van der Waals surface area contributed by atoms with Crippen molar-refractivity contribution >= 4 is 11.9 Å². The zero-order valence-corrected chi connectivity index (χ0v) is 4.70. The number of aliphatic carboxylic acids is 1. The van der Waals surface area contributed by atoms with Crippen LogP contribution in [0.15, 0.2) is 0 Å². The smallest absolute Gasteiger partial charge is 0.321 e. The first-order chi connectivity index (χ1) is 4.04. The largest absolute Gasteiger partial charge is 0.480 e. The molecule has 0 aliphatic carbocycles. The van der Waals surface area contributed by atoms with E-state index in [4.69, 9.17) is 10.8 Å². The minimum absolute atomic E-state index is 0.310. The first kappa shape index (κ1) is 7.90. The first-order valence-corrected chi connectivity index (χ1v) is 2.30. The second kappa shape index (κ2) is 3.03. The zero-order valence-electron chi connectivity index (χ0n) is 4.70. The molecule has 5 nitrogen and oxygen atoms in total. The van der Waals surface area contributed by atoms with Gasteiger partial charge in [0.1, 0.15) is 6.04 Å². The van der Waals surface area contributed by atoms with E-state index in [0.717, 1.165) is 0 Å². The predicted molar refractivity (Wildman–Crippen MR) is 29.4 cm³/mol. The molecular formula is C4H8N2O3. The van der Waals surface area contributed by atoms with Crippen LogP contribution < -0.4 is 11.5 Å². The lowest BCUT2D eigenvalue weighted by Gasteiger charge is -1.99. The maximum Gasteiger partial charge on any atom is 0.321 e. The third-order valence-corrected chi connectivity index (χ3v) is 0.738. The van der Waals surface area contributed by atoms with Gasteiger partial charge < -0.3 is 16.6 Å². The molecule has 9 heavy (non-hydrogen) atoms. The lowest BCUT2D eigenvalue weighted by molar-refractivity contribution is -0.140. The van der Waals surface area contributed by atoms with Gasteiger partial charge in [0.15, 0.2) is 0 Å². The quantitative estimate of drug-likeness (QED) is 0.426. The zero-order chi connectivity index (χ0) is 7.44. The minimum Gasteiger partial charge on any atom is -0.480 e. The molecule has 0 heterocycles. The van der Waals surface area contributed by atoms with E-state index in [2.05, 4.69) is 5.73 Å². The monoisotopic (exact) mass is 134 g/mol. The molecule has 0 bridgehead atoms. The number of carboxylic acids is 1. The first-order valence-electron chi connectivity index (χ1n) is 2.30. The molecular weight excluding hydrogens is 126 g/mol. The highest BCUT2D eigenvalue weighted by Crippen LogP contribution is 1.84. The number of primary amides is 1. The predicted octanol–water partition coefficient (Wildman–Crippen LogP) is -1.73. The van der Waals surface area contributed by atoms with Crippen LogP contribution >= 0.6 is 0 Å². The Morgan fingerprint density at radius 2 is 2.00 bits per heavy atom. The summed E-state index contributed by atoms with van der Waals surface area (Å²) in [5, 5.41) is 8.10. The van der Waals surface area contributed by atoms with Crippen LogP contribution in [0, 0.1) is 0 Å². The molecule has 0 spiro atoms. The van der Waals surface area contributed by atoms with Crippen LogP contribution in [-0.4, -0.2) is 23.0 Å². The number of rotatable bonds is 3. The molecule has 5 N–H and O–H groups in total. The van der Waals surface area contributed by atoms with E-state index in [1.807, 2.05) is 0 Å². The van der Waals surface area contributed by atoms with E-state index in [0.29, 0.717) is 0 Å². The summed E-state index contributed by atoms with van der Waals surface area (Å²) in [5.74, 6) is -1.92. The standard InChI is InChI=1S/C4H8N2O3/c5-2(4(8)9)1-3(6)7/h2H,1,5H2,(H2,6,7)(H,8,9)/t2-/m0/s1/i2+2. The Kier molecular flexibility index (Phi) is 2.66. The second-order valence-corrected chi connectivity index (χ2v) is 1.62. The number of carbonyl (C=O) groups is 2. The maximum absolute atomic E-state index is 9.99. The van der Waals surface area contributed by atoms with Crippen molar-refractivity contribution in [2.24, 2.45) is 11.5 Å². The lowest BCUT2D eigenvalue weighted by Crippen LogP contribution is -2.34. The van der Waals surface area contributed by atoms with Gasteiger partial charge in [-0.1, -0.05) is 0 Å². The third kappa shape index (κ3) is 3.48. The number of carbonyl (C=O) groups excluding carboxylic acids is 1. The van der Waals surface area contributed by atoms with E-state index in [-0.39, 0.29) is 6.42 Å². The van der Waals surface area contributed by atoms with Gasteiger partial charge in [-0.2, -0.15) is 0 Å². The van der Waals surface area contributed by atoms with Crippen molar-refractivity contribution in [1.29, 1.82) is 0 Å². The molecule has 0 unspecified atom stereocenters. The van der Waals surface area contributed by atoms with E-state index in [9.17, 15) is 9.59 Å². The topological polar surface area (TPSA) is 106 Å². The van der Waals surface area contributed by atoms with Crippen LogP contribution in [0.2, 0.25) is 0 Å². The molecule has 0 aliphatic heterocycles. The molecule has 0 aliphatic rings. The summed E-state index contributed by atoms with van der Waals surface area (Å²) in [5.41, 5.74) is 9.57. The Hall–Kier alpha value is -1.10. The van der Waals surface area contributed by atoms with Gasteiger partial charge in [-0.05, 0) is 0 Å². The van der Waals surface area contributed by atoms with Gasteiger partial charge in [-0.15, -0.1) is 0 Å². The molecule has 0 radical (unpaired) electrons. The molecule has 5 heteroatoms. The number of hydrogen-bond acceptors (Lipinski definition) is 3. The summed E-state index contributed by atoms with van der Waals surface area (Å²) < 4.78 is 0.